The third kappa shape index (κ3) is 5.01. The number of carbonyl (C=O) groups is 1. The zero-order chi connectivity index (χ0) is 20.9. The van der Waals surface area contributed by atoms with E-state index in [0.29, 0.717) is 22.5 Å². The van der Waals surface area contributed by atoms with E-state index < -0.39 is 0 Å². The molecule has 0 saturated carbocycles. The van der Waals surface area contributed by atoms with Gasteiger partial charge in [0.2, 0.25) is 5.16 Å². The van der Waals surface area contributed by atoms with Gasteiger partial charge in [0.25, 0.3) is 5.91 Å². The Balaban J connectivity index is 1.28. The van der Waals surface area contributed by atoms with Crippen molar-refractivity contribution in [3.63, 3.8) is 0 Å². The van der Waals surface area contributed by atoms with E-state index in [1.807, 2.05) is 49.4 Å². The normalized spacial score (nSPS) is 13.4. The number of benzene rings is 2. The maximum Gasteiger partial charge on any atom is 0.253 e. The first-order chi connectivity index (χ1) is 14.6. The maximum atomic E-state index is 12.5. The van der Waals surface area contributed by atoms with Gasteiger partial charge in [0.05, 0.1) is 18.0 Å². The quantitative estimate of drug-likeness (QED) is 0.558. The molecule has 9 heteroatoms. The Morgan fingerprint density at radius 2 is 2.10 bits per heavy atom. The average molecular weight is 442 g/mol. The van der Waals surface area contributed by atoms with Crippen molar-refractivity contribution in [2.75, 3.05) is 12.3 Å². The number of hydrazone groups is 1. The van der Waals surface area contributed by atoms with E-state index in [0.717, 1.165) is 29.0 Å². The fourth-order valence-electron chi connectivity index (χ4n) is 3.00. The molecule has 0 aliphatic carbocycles. The van der Waals surface area contributed by atoms with Crippen molar-refractivity contribution >= 4 is 35.0 Å². The molecule has 1 aliphatic rings. The minimum absolute atomic E-state index is 0.0645. The monoisotopic (exact) mass is 441 g/mol. The molecule has 1 aromatic heterocycles. The molecule has 3 aromatic rings. The molecule has 2 heterocycles. The second-order valence-corrected chi connectivity index (χ2v) is 8.11. The van der Waals surface area contributed by atoms with Crippen molar-refractivity contribution in [2.24, 2.45) is 5.10 Å². The Morgan fingerprint density at radius 1 is 1.27 bits per heavy atom. The number of rotatable bonds is 7. The first-order valence-electron chi connectivity index (χ1n) is 9.45. The lowest BCUT2D eigenvalue weighted by molar-refractivity contribution is -0.127. The molecule has 0 fully saturated rings. The van der Waals surface area contributed by atoms with Gasteiger partial charge in [-0.05, 0) is 36.2 Å². The van der Waals surface area contributed by atoms with Gasteiger partial charge in [0.15, 0.2) is 5.82 Å². The van der Waals surface area contributed by atoms with Gasteiger partial charge in [0.1, 0.15) is 12.4 Å². The number of thioether (sulfide) groups is 1. The van der Waals surface area contributed by atoms with Crippen LogP contribution in [0.2, 0.25) is 5.02 Å². The Kier molecular flexibility index (Phi) is 6.35. The highest BCUT2D eigenvalue weighted by atomic mass is 35.5. The lowest BCUT2D eigenvalue weighted by Crippen LogP contribution is -2.25. The second-order valence-electron chi connectivity index (χ2n) is 6.73. The fourth-order valence-corrected chi connectivity index (χ4v) is 3.91. The SMILES string of the molecule is Cc1cc(Cl)ccc1OCc1nc(SCC(=O)N2CCC(c3ccccc3)=N2)n[nH]1. The van der Waals surface area contributed by atoms with Crippen LogP contribution in [0, 0.1) is 6.92 Å². The lowest BCUT2D eigenvalue weighted by atomic mass is 10.1. The van der Waals surface area contributed by atoms with Crippen LogP contribution in [-0.2, 0) is 11.4 Å². The Morgan fingerprint density at radius 3 is 2.90 bits per heavy atom. The van der Waals surface area contributed by atoms with Crippen molar-refractivity contribution in [2.45, 2.75) is 25.1 Å². The predicted octanol–water partition coefficient (Wildman–Crippen LogP) is 4.07. The average Bonchev–Trinajstić information content (AvgIpc) is 3.42. The Bertz CT molecular complexity index is 1070. The fraction of sp³-hybridized carbons (Fsp3) is 0.238. The molecule has 1 aliphatic heterocycles. The van der Waals surface area contributed by atoms with Crippen molar-refractivity contribution in [3.8, 4) is 5.75 Å². The van der Waals surface area contributed by atoms with Gasteiger partial charge in [-0.1, -0.05) is 53.7 Å². The van der Waals surface area contributed by atoms with Crippen molar-refractivity contribution in [1.82, 2.24) is 20.2 Å². The van der Waals surface area contributed by atoms with Gasteiger partial charge < -0.3 is 4.74 Å². The number of ether oxygens (including phenoxy) is 1. The number of aryl methyl sites for hydroxylation is 1. The van der Waals surface area contributed by atoms with Crippen LogP contribution >= 0.6 is 23.4 Å². The molecule has 0 spiro atoms. The standard InChI is InChI=1S/C21H20ClN5O2S/c1-14-11-16(22)7-8-18(14)29-12-19-23-21(25-24-19)30-13-20(28)27-10-9-17(26-27)15-5-3-2-4-6-15/h2-8,11H,9-10,12-13H2,1H3,(H,23,24,25). The molecule has 0 radical (unpaired) electrons. The van der Waals surface area contributed by atoms with Crippen LogP contribution in [-0.4, -0.2) is 44.1 Å². The van der Waals surface area contributed by atoms with Gasteiger partial charge in [-0.3, -0.25) is 9.89 Å². The molecule has 2 aromatic carbocycles. The molecule has 1 N–H and O–H groups in total. The molecule has 4 rings (SSSR count). The second kappa shape index (κ2) is 9.32. The molecule has 7 nitrogen and oxygen atoms in total. The van der Waals surface area contributed by atoms with Crippen LogP contribution < -0.4 is 4.74 Å². The zero-order valence-electron chi connectivity index (χ0n) is 16.3. The molecule has 0 atom stereocenters. The Hall–Kier alpha value is -2.84. The van der Waals surface area contributed by atoms with Crippen LogP contribution in [0.1, 0.15) is 23.4 Å². The number of aromatic nitrogens is 3. The summed E-state index contributed by atoms with van der Waals surface area (Å²) in [5.74, 6) is 1.48. The molecule has 0 saturated heterocycles. The highest BCUT2D eigenvalue weighted by molar-refractivity contribution is 7.99. The van der Waals surface area contributed by atoms with E-state index >= 15 is 0 Å². The van der Waals surface area contributed by atoms with Crippen LogP contribution in [0.4, 0.5) is 0 Å². The minimum Gasteiger partial charge on any atom is -0.485 e. The third-order valence-corrected chi connectivity index (χ3v) is 5.60. The summed E-state index contributed by atoms with van der Waals surface area (Å²) in [7, 11) is 0. The first kappa shape index (κ1) is 20.4. The number of carbonyl (C=O) groups excluding carboxylic acids is 1. The number of hydrogen-bond donors (Lipinski definition) is 1. The van der Waals surface area contributed by atoms with Crippen molar-refractivity contribution in [1.29, 1.82) is 0 Å². The highest BCUT2D eigenvalue weighted by Crippen LogP contribution is 2.23. The van der Waals surface area contributed by atoms with E-state index in [9.17, 15) is 4.79 Å². The van der Waals surface area contributed by atoms with E-state index in [1.54, 1.807) is 6.07 Å². The van der Waals surface area contributed by atoms with Gasteiger partial charge in [-0.25, -0.2) is 9.99 Å². The summed E-state index contributed by atoms with van der Waals surface area (Å²) in [5, 5.41) is 14.1. The van der Waals surface area contributed by atoms with Crippen LogP contribution in [0.25, 0.3) is 0 Å². The van der Waals surface area contributed by atoms with Gasteiger partial charge in [0, 0.05) is 11.4 Å². The number of nitrogens with zero attached hydrogens (tertiary/aromatic N) is 4. The maximum absolute atomic E-state index is 12.5. The number of amides is 1. The summed E-state index contributed by atoms with van der Waals surface area (Å²) in [6.45, 7) is 2.77. The first-order valence-corrected chi connectivity index (χ1v) is 10.8. The number of aromatic amines is 1. The van der Waals surface area contributed by atoms with Gasteiger partial charge in [-0.15, -0.1) is 5.10 Å². The molecular weight excluding hydrogens is 422 g/mol. The molecular formula is C21H20ClN5O2S. The van der Waals surface area contributed by atoms with Gasteiger partial charge >= 0.3 is 0 Å². The molecule has 154 valence electrons. The molecule has 1 amide bonds. The molecule has 0 bridgehead atoms. The number of halogens is 1. The number of hydrogen-bond acceptors (Lipinski definition) is 6. The summed E-state index contributed by atoms with van der Waals surface area (Å²) in [6, 6.07) is 15.4. The van der Waals surface area contributed by atoms with Crippen LogP contribution in [0.3, 0.4) is 0 Å². The number of H-pyrrole nitrogens is 1. The summed E-state index contributed by atoms with van der Waals surface area (Å²) in [6.07, 6.45) is 0.757. The van der Waals surface area contributed by atoms with Crippen molar-refractivity contribution < 1.29 is 9.53 Å². The zero-order valence-corrected chi connectivity index (χ0v) is 17.9. The predicted molar refractivity (Wildman–Crippen MR) is 117 cm³/mol. The van der Waals surface area contributed by atoms with Crippen LogP contribution in [0.15, 0.2) is 58.8 Å². The summed E-state index contributed by atoms with van der Waals surface area (Å²) in [5.41, 5.74) is 2.93. The smallest absolute Gasteiger partial charge is 0.253 e. The van der Waals surface area contributed by atoms with E-state index in [4.69, 9.17) is 16.3 Å². The highest BCUT2D eigenvalue weighted by Gasteiger charge is 2.22. The van der Waals surface area contributed by atoms with Crippen molar-refractivity contribution in [3.05, 3.63) is 70.5 Å². The number of nitrogens with one attached hydrogen (secondary N) is 1. The topological polar surface area (TPSA) is 83.5 Å². The molecule has 30 heavy (non-hydrogen) atoms. The lowest BCUT2D eigenvalue weighted by Gasteiger charge is -2.09. The van der Waals surface area contributed by atoms with E-state index in [-0.39, 0.29) is 18.3 Å². The Labute approximate surface area is 183 Å². The third-order valence-electron chi connectivity index (χ3n) is 4.53. The van der Waals surface area contributed by atoms with Gasteiger partial charge in [-0.2, -0.15) is 5.10 Å². The largest absolute Gasteiger partial charge is 0.485 e. The summed E-state index contributed by atoms with van der Waals surface area (Å²) >= 11 is 7.23. The van der Waals surface area contributed by atoms with E-state index in [2.05, 4.69) is 20.3 Å². The summed E-state index contributed by atoms with van der Waals surface area (Å²) < 4.78 is 5.76. The minimum atomic E-state index is -0.0645. The summed E-state index contributed by atoms with van der Waals surface area (Å²) in [4.78, 5) is 16.8. The van der Waals surface area contributed by atoms with Crippen LogP contribution in [0.5, 0.6) is 5.75 Å². The van der Waals surface area contributed by atoms with E-state index in [1.165, 1.54) is 16.8 Å². The molecule has 0 unspecified atom stereocenters.